The number of rotatable bonds is 9. The van der Waals surface area contributed by atoms with Gasteiger partial charge in [-0.15, -0.1) is 0 Å². The van der Waals surface area contributed by atoms with Crippen molar-refractivity contribution >= 4 is 28.6 Å². The molecule has 8 heteroatoms. The van der Waals surface area contributed by atoms with E-state index in [9.17, 15) is 9.59 Å². The van der Waals surface area contributed by atoms with Crippen LogP contribution < -0.4 is 0 Å². The fourth-order valence-corrected chi connectivity index (χ4v) is 10.6. The van der Waals surface area contributed by atoms with Crippen LogP contribution in [0.5, 0.6) is 0 Å². The van der Waals surface area contributed by atoms with E-state index in [4.69, 9.17) is 13.6 Å². The van der Waals surface area contributed by atoms with Gasteiger partial charge in [0.1, 0.15) is 0 Å². The van der Waals surface area contributed by atoms with Crippen molar-refractivity contribution in [2.24, 2.45) is 0 Å². The van der Waals surface area contributed by atoms with Crippen LogP contribution in [0.25, 0.3) is 0 Å². The molecule has 0 rings (SSSR count). The lowest BCUT2D eigenvalue weighted by atomic mass is 10.5. The van der Waals surface area contributed by atoms with Gasteiger partial charge in [0.25, 0.3) is 0 Å². The van der Waals surface area contributed by atoms with Gasteiger partial charge in [0.15, 0.2) is 8.32 Å². The van der Waals surface area contributed by atoms with Crippen LogP contribution in [0, 0.1) is 0 Å². The van der Waals surface area contributed by atoms with Crippen molar-refractivity contribution in [3.05, 3.63) is 12.2 Å². The molecule has 0 aliphatic heterocycles. The summed E-state index contributed by atoms with van der Waals surface area (Å²) in [6.45, 7) is 14.4. The molecular weight excluding hydrogens is 332 g/mol. The van der Waals surface area contributed by atoms with Crippen LogP contribution in [0.4, 0.5) is 0 Å². The molecule has 6 nitrogen and oxygen atoms in total. The highest BCUT2D eigenvalue weighted by atomic mass is 28.4. The lowest BCUT2D eigenvalue weighted by Gasteiger charge is -2.38. The zero-order valence-corrected chi connectivity index (χ0v) is 17.5. The van der Waals surface area contributed by atoms with Gasteiger partial charge in [-0.1, -0.05) is 6.92 Å². The Hall–Kier alpha value is -0.966. The Morgan fingerprint density at radius 2 is 1.57 bits per heavy atom. The second-order valence-electron chi connectivity index (χ2n) is 6.71. The Morgan fingerprint density at radius 1 is 1.04 bits per heavy atom. The van der Waals surface area contributed by atoms with E-state index in [1.165, 1.54) is 7.11 Å². The molecular formula is C15H30O6Si2. The van der Waals surface area contributed by atoms with Crippen molar-refractivity contribution in [1.29, 1.82) is 0 Å². The Morgan fingerprint density at radius 3 is 2.00 bits per heavy atom. The molecule has 0 spiro atoms. The predicted octanol–water partition coefficient (Wildman–Crippen LogP) is 3.00. The number of esters is 2. The first-order valence-corrected chi connectivity index (χ1v) is 14.1. The first kappa shape index (κ1) is 22.0. The average Bonchev–Trinajstić information content (AvgIpc) is 2.39. The molecule has 0 saturated heterocycles. The smallest absolute Gasteiger partial charge is 0.333 e. The van der Waals surface area contributed by atoms with E-state index in [0.717, 1.165) is 18.6 Å². The Bertz CT molecular complexity index is 428. The Balaban J connectivity index is 4.66. The molecule has 0 N–H and O–H groups in total. The maximum absolute atomic E-state index is 11.6. The van der Waals surface area contributed by atoms with Crippen LogP contribution in [0.2, 0.25) is 32.7 Å². The van der Waals surface area contributed by atoms with Gasteiger partial charge < -0.3 is 18.3 Å². The van der Waals surface area contributed by atoms with Crippen molar-refractivity contribution in [2.75, 3.05) is 7.11 Å². The first-order chi connectivity index (χ1) is 10.4. The molecule has 0 radical (unpaired) electrons. The van der Waals surface area contributed by atoms with E-state index in [1.54, 1.807) is 6.92 Å². The highest BCUT2D eigenvalue weighted by Gasteiger charge is 2.38. The number of carbonyl (C=O) groups excluding carboxylic acids is 2. The van der Waals surface area contributed by atoms with Gasteiger partial charge in [0, 0.05) is 12.2 Å². The van der Waals surface area contributed by atoms with Crippen molar-refractivity contribution < 1.29 is 27.9 Å². The minimum atomic E-state index is -2.07. The lowest BCUT2D eigenvalue weighted by molar-refractivity contribution is -0.174. The molecule has 2 atom stereocenters. The molecule has 2 unspecified atom stereocenters. The molecule has 0 aromatic carbocycles. The molecule has 0 heterocycles. The topological polar surface area (TPSA) is 71.1 Å². The zero-order chi connectivity index (χ0) is 18.3. The predicted molar refractivity (Wildman–Crippen MR) is 93.8 cm³/mol. The maximum Gasteiger partial charge on any atom is 0.333 e. The molecule has 0 aliphatic rings. The van der Waals surface area contributed by atoms with Crippen molar-refractivity contribution in [1.82, 2.24) is 0 Å². The van der Waals surface area contributed by atoms with Crippen LogP contribution in [-0.2, 0) is 27.9 Å². The highest BCUT2D eigenvalue weighted by Crippen LogP contribution is 2.23. The molecule has 0 bridgehead atoms. The minimum Gasteiger partial charge on any atom is -0.466 e. The number of hydrogen-bond acceptors (Lipinski definition) is 6. The quantitative estimate of drug-likeness (QED) is 0.272. The third kappa shape index (κ3) is 9.70. The van der Waals surface area contributed by atoms with Crippen LogP contribution in [-0.4, -0.2) is 47.7 Å². The van der Waals surface area contributed by atoms with E-state index in [2.05, 4.69) is 37.5 Å². The first-order valence-electron chi connectivity index (χ1n) is 7.73. The fraction of sp³-hybridized carbons (Fsp3) is 0.733. The number of ether oxygens (including phenoxy) is 3. The number of methoxy groups -OCH3 is 1. The summed E-state index contributed by atoms with van der Waals surface area (Å²) in [5, 5.41) is 0. The summed E-state index contributed by atoms with van der Waals surface area (Å²) >= 11 is 0. The second kappa shape index (κ2) is 9.36. The molecule has 0 aromatic rings. The van der Waals surface area contributed by atoms with Gasteiger partial charge in [0.05, 0.1) is 12.8 Å². The summed E-state index contributed by atoms with van der Waals surface area (Å²) in [6.07, 6.45) is 2.10. The van der Waals surface area contributed by atoms with Gasteiger partial charge in [-0.05, 0) is 46.1 Å². The average molecular weight is 363 g/mol. The van der Waals surface area contributed by atoms with E-state index >= 15 is 0 Å². The van der Waals surface area contributed by atoms with Gasteiger partial charge in [-0.25, -0.2) is 9.59 Å². The number of carbonyl (C=O) groups is 2. The minimum absolute atomic E-state index is 0.0818. The standard InChI is InChI=1S/C15H30O6Si2/c1-9-15(23(7,8)21-22(4,5)6)20-12(2)19-14(17)11-10-13(16)18-3/h10-12,15H,9H2,1-8H3/b11-10+. The maximum atomic E-state index is 11.6. The van der Waals surface area contributed by atoms with Gasteiger partial charge in [0.2, 0.25) is 14.6 Å². The van der Waals surface area contributed by atoms with Crippen LogP contribution in [0.3, 0.4) is 0 Å². The van der Waals surface area contributed by atoms with Gasteiger partial charge in [-0.2, -0.15) is 0 Å². The highest BCUT2D eigenvalue weighted by molar-refractivity contribution is 6.84. The largest absolute Gasteiger partial charge is 0.466 e. The molecule has 23 heavy (non-hydrogen) atoms. The molecule has 0 saturated carbocycles. The van der Waals surface area contributed by atoms with Crippen molar-refractivity contribution in [3.63, 3.8) is 0 Å². The van der Waals surface area contributed by atoms with Crippen LogP contribution in [0.1, 0.15) is 20.3 Å². The summed E-state index contributed by atoms with van der Waals surface area (Å²) in [4.78, 5) is 22.5. The summed E-state index contributed by atoms with van der Waals surface area (Å²) in [7, 11) is -2.50. The zero-order valence-electron chi connectivity index (χ0n) is 15.5. The summed E-state index contributed by atoms with van der Waals surface area (Å²) in [5.74, 6) is -1.26. The van der Waals surface area contributed by atoms with Gasteiger partial charge >= 0.3 is 11.9 Å². The van der Waals surface area contributed by atoms with E-state index in [-0.39, 0.29) is 5.73 Å². The van der Waals surface area contributed by atoms with E-state index < -0.39 is 34.9 Å². The second-order valence-corrected chi connectivity index (χ2v) is 15.6. The third-order valence-corrected chi connectivity index (χ3v) is 9.56. The fourth-order valence-electron chi connectivity index (χ4n) is 2.27. The van der Waals surface area contributed by atoms with Crippen LogP contribution in [0.15, 0.2) is 12.2 Å². The summed E-state index contributed by atoms with van der Waals surface area (Å²) < 4.78 is 21.7. The van der Waals surface area contributed by atoms with Gasteiger partial charge in [-0.3, -0.25) is 0 Å². The monoisotopic (exact) mass is 362 g/mol. The molecule has 0 amide bonds. The Labute approximate surface area is 141 Å². The van der Waals surface area contributed by atoms with Crippen LogP contribution >= 0.6 is 0 Å². The Kier molecular flexibility index (Phi) is 8.97. The lowest BCUT2D eigenvalue weighted by Crippen LogP contribution is -2.53. The SMILES string of the molecule is CCC(OC(C)OC(=O)/C=C/C(=O)OC)[Si](C)(C)O[Si](C)(C)C. The van der Waals surface area contributed by atoms with Crippen molar-refractivity contribution in [2.45, 2.75) is 65.0 Å². The van der Waals surface area contributed by atoms with E-state index in [1.807, 2.05) is 6.92 Å². The molecule has 0 aromatic heterocycles. The number of hydrogen-bond donors (Lipinski definition) is 0. The summed E-state index contributed by atoms with van der Waals surface area (Å²) in [6, 6.07) is 0. The molecule has 0 fully saturated rings. The molecule has 0 aliphatic carbocycles. The van der Waals surface area contributed by atoms with Crippen molar-refractivity contribution in [3.8, 4) is 0 Å². The summed E-state index contributed by atoms with van der Waals surface area (Å²) in [5.41, 5.74) is -0.0818. The molecule has 134 valence electrons. The van der Waals surface area contributed by atoms with E-state index in [0.29, 0.717) is 0 Å². The third-order valence-electron chi connectivity index (χ3n) is 2.91. The normalized spacial score (nSPS) is 15.3.